The van der Waals surface area contributed by atoms with Crippen molar-refractivity contribution in [1.82, 2.24) is 5.43 Å². The molecule has 0 aromatic heterocycles. The number of rotatable bonds is 6. The number of ether oxygens (including phenoxy) is 1. The third-order valence-corrected chi connectivity index (χ3v) is 2.93. The summed E-state index contributed by atoms with van der Waals surface area (Å²) in [6, 6.07) is 11.5. The van der Waals surface area contributed by atoms with Crippen LogP contribution in [0.15, 0.2) is 53.6 Å². The molecule has 0 aliphatic heterocycles. The lowest BCUT2D eigenvalue weighted by Gasteiger charge is -2.04. The van der Waals surface area contributed by atoms with Crippen molar-refractivity contribution in [3.8, 4) is 5.75 Å². The molecule has 9 heteroatoms. The smallest absolute Gasteiger partial charge is 0.329 e. The van der Waals surface area contributed by atoms with Crippen LogP contribution in [0, 0.1) is 5.82 Å². The molecule has 0 saturated heterocycles. The van der Waals surface area contributed by atoms with Crippen LogP contribution in [0.1, 0.15) is 5.56 Å². The van der Waals surface area contributed by atoms with E-state index in [2.05, 4.69) is 15.8 Å². The average Bonchev–Trinajstić information content (AvgIpc) is 2.62. The van der Waals surface area contributed by atoms with Crippen molar-refractivity contribution in [3.05, 3.63) is 59.9 Å². The van der Waals surface area contributed by atoms with Gasteiger partial charge < -0.3 is 15.8 Å². The molecule has 134 valence electrons. The molecule has 3 amide bonds. The number of hydrogen-bond acceptors (Lipinski definition) is 5. The van der Waals surface area contributed by atoms with E-state index < -0.39 is 23.5 Å². The second-order valence-electron chi connectivity index (χ2n) is 4.99. The number of hydrazone groups is 1. The van der Waals surface area contributed by atoms with Crippen LogP contribution in [-0.4, -0.2) is 30.5 Å². The monoisotopic (exact) mass is 358 g/mol. The number of primary amides is 1. The standard InChI is InChI=1S/C17H15FN4O4/c18-12-4-6-13(7-5-12)21-16(24)17(25)22-20-9-11-2-1-3-14(8-11)26-10-15(19)23/h1-9H,10H2,(H2,19,23)(H,21,24)(H,22,25)/b20-9-. The minimum Gasteiger partial charge on any atom is -0.484 e. The van der Waals surface area contributed by atoms with Gasteiger partial charge in [-0.1, -0.05) is 12.1 Å². The van der Waals surface area contributed by atoms with E-state index in [1.165, 1.54) is 18.3 Å². The Labute approximate surface area is 147 Å². The van der Waals surface area contributed by atoms with Crippen LogP contribution in [0.4, 0.5) is 10.1 Å². The number of halogens is 1. The van der Waals surface area contributed by atoms with Crippen molar-refractivity contribution in [1.29, 1.82) is 0 Å². The largest absolute Gasteiger partial charge is 0.484 e. The zero-order valence-corrected chi connectivity index (χ0v) is 13.4. The van der Waals surface area contributed by atoms with Gasteiger partial charge in [-0.05, 0) is 42.0 Å². The van der Waals surface area contributed by atoms with Crippen LogP contribution in [0.3, 0.4) is 0 Å². The maximum Gasteiger partial charge on any atom is 0.329 e. The van der Waals surface area contributed by atoms with Gasteiger partial charge >= 0.3 is 11.8 Å². The van der Waals surface area contributed by atoms with E-state index in [1.807, 2.05) is 0 Å². The fourth-order valence-electron chi connectivity index (χ4n) is 1.78. The molecule has 0 radical (unpaired) electrons. The number of anilines is 1. The molecule has 2 rings (SSSR count). The molecular weight excluding hydrogens is 343 g/mol. The van der Waals surface area contributed by atoms with Gasteiger partial charge in [-0.25, -0.2) is 9.82 Å². The molecule has 4 N–H and O–H groups in total. The lowest BCUT2D eigenvalue weighted by Crippen LogP contribution is -2.32. The van der Waals surface area contributed by atoms with Gasteiger partial charge in [0.1, 0.15) is 11.6 Å². The van der Waals surface area contributed by atoms with Gasteiger partial charge in [-0.2, -0.15) is 5.10 Å². The summed E-state index contributed by atoms with van der Waals surface area (Å²) in [7, 11) is 0. The highest BCUT2D eigenvalue weighted by Crippen LogP contribution is 2.11. The molecule has 0 spiro atoms. The number of hydrogen-bond donors (Lipinski definition) is 3. The molecule has 0 unspecified atom stereocenters. The van der Waals surface area contributed by atoms with Crippen molar-refractivity contribution in [2.75, 3.05) is 11.9 Å². The summed E-state index contributed by atoms with van der Waals surface area (Å²) in [6.07, 6.45) is 1.29. The average molecular weight is 358 g/mol. The van der Waals surface area contributed by atoms with Crippen molar-refractivity contribution >= 4 is 29.6 Å². The number of amides is 3. The molecule has 2 aromatic rings. The zero-order chi connectivity index (χ0) is 18.9. The number of nitrogens with one attached hydrogen (secondary N) is 2. The van der Waals surface area contributed by atoms with Crippen molar-refractivity contribution in [3.63, 3.8) is 0 Å². The number of carbonyl (C=O) groups excluding carboxylic acids is 3. The molecule has 0 bridgehead atoms. The Bertz CT molecular complexity index is 837. The predicted molar refractivity (Wildman–Crippen MR) is 91.9 cm³/mol. The lowest BCUT2D eigenvalue weighted by atomic mass is 10.2. The summed E-state index contributed by atoms with van der Waals surface area (Å²) in [6.45, 7) is -0.263. The van der Waals surface area contributed by atoms with E-state index in [9.17, 15) is 18.8 Å². The Morgan fingerprint density at radius 1 is 1.12 bits per heavy atom. The van der Waals surface area contributed by atoms with Crippen LogP contribution in [-0.2, 0) is 14.4 Å². The molecule has 0 fully saturated rings. The SMILES string of the molecule is NC(=O)COc1cccc(/C=N\NC(=O)C(=O)Nc2ccc(F)cc2)c1. The van der Waals surface area contributed by atoms with Gasteiger partial charge in [0.05, 0.1) is 6.21 Å². The molecule has 0 aliphatic rings. The fourth-order valence-corrected chi connectivity index (χ4v) is 1.78. The van der Waals surface area contributed by atoms with Gasteiger partial charge in [0.2, 0.25) is 0 Å². The summed E-state index contributed by atoms with van der Waals surface area (Å²) < 4.78 is 17.9. The minimum absolute atomic E-state index is 0.263. The highest BCUT2D eigenvalue weighted by Gasteiger charge is 2.12. The molecule has 0 atom stereocenters. The Kier molecular flexibility index (Phi) is 6.38. The number of nitrogens with two attached hydrogens (primary N) is 1. The van der Waals surface area contributed by atoms with E-state index in [4.69, 9.17) is 10.5 Å². The van der Waals surface area contributed by atoms with Crippen LogP contribution in [0.2, 0.25) is 0 Å². The van der Waals surface area contributed by atoms with Crippen LogP contribution < -0.4 is 21.2 Å². The Morgan fingerprint density at radius 2 is 1.85 bits per heavy atom. The Balaban J connectivity index is 1.87. The lowest BCUT2D eigenvalue weighted by molar-refractivity contribution is -0.136. The first-order chi connectivity index (χ1) is 12.4. The first-order valence-corrected chi connectivity index (χ1v) is 7.35. The van der Waals surface area contributed by atoms with Crippen LogP contribution in [0.25, 0.3) is 0 Å². The number of carbonyl (C=O) groups is 3. The van der Waals surface area contributed by atoms with Crippen molar-refractivity contribution in [2.24, 2.45) is 10.8 Å². The molecule has 2 aromatic carbocycles. The van der Waals surface area contributed by atoms with E-state index >= 15 is 0 Å². The quantitative estimate of drug-likeness (QED) is 0.401. The molecule has 26 heavy (non-hydrogen) atoms. The molecular formula is C17H15FN4O4. The van der Waals surface area contributed by atoms with Gasteiger partial charge in [0.25, 0.3) is 5.91 Å². The molecule has 0 saturated carbocycles. The fraction of sp³-hybridized carbons (Fsp3) is 0.0588. The van der Waals surface area contributed by atoms with E-state index in [-0.39, 0.29) is 12.3 Å². The van der Waals surface area contributed by atoms with Gasteiger partial charge in [0.15, 0.2) is 6.61 Å². The maximum atomic E-state index is 12.8. The number of benzene rings is 2. The second-order valence-corrected chi connectivity index (χ2v) is 4.99. The zero-order valence-electron chi connectivity index (χ0n) is 13.4. The highest BCUT2D eigenvalue weighted by atomic mass is 19.1. The predicted octanol–water partition coefficient (Wildman–Crippen LogP) is 0.779. The third-order valence-electron chi connectivity index (χ3n) is 2.93. The third kappa shape index (κ3) is 6.04. The second kappa shape index (κ2) is 8.92. The highest BCUT2D eigenvalue weighted by molar-refractivity contribution is 6.39. The van der Waals surface area contributed by atoms with Crippen LogP contribution in [0.5, 0.6) is 5.75 Å². The van der Waals surface area contributed by atoms with Gasteiger partial charge in [0, 0.05) is 5.69 Å². The summed E-state index contributed by atoms with van der Waals surface area (Å²) in [5.74, 6) is -2.62. The summed E-state index contributed by atoms with van der Waals surface area (Å²) in [5, 5.41) is 5.96. The van der Waals surface area contributed by atoms with Crippen LogP contribution >= 0.6 is 0 Å². The maximum absolute atomic E-state index is 12.8. The minimum atomic E-state index is -0.994. The molecule has 0 heterocycles. The topological polar surface area (TPSA) is 123 Å². The Morgan fingerprint density at radius 3 is 2.54 bits per heavy atom. The van der Waals surface area contributed by atoms with Crippen molar-refractivity contribution < 1.29 is 23.5 Å². The van der Waals surface area contributed by atoms with E-state index in [1.54, 1.807) is 24.3 Å². The summed E-state index contributed by atoms with van der Waals surface area (Å²) in [4.78, 5) is 34.0. The number of nitrogens with zero attached hydrogens (tertiary/aromatic N) is 1. The Hall–Kier alpha value is -3.75. The normalized spacial score (nSPS) is 10.3. The van der Waals surface area contributed by atoms with Gasteiger partial charge in [-0.15, -0.1) is 0 Å². The van der Waals surface area contributed by atoms with E-state index in [0.717, 1.165) is 12.1 Å². The molecule has 0 aliphatic carbocycles. The summed E-state index contributed by atoms with van der Waals surface area (Å²) in [5.41, 5.74) is 7.88. The van der Waals surface area contributed by atoms with Crippen molar-refractivity contribution in [2.45, 2.75) is 0 Å². The first-order valence-electron chi connectivity index (χ1n) is 7.35. The van der Waals surface area contributed by atoms with Gasteiger partial charge in [-0.3, -0.25) is 14.4 Å². The van der Waals surface area contributed by atoms with E-state index in [0.29, 0.717) is 11.3 Å². The molecule has 8 nitrogen and oxygen atoms in total. The summed E-state index contributed by atoms with van der Waals surface area (Å²) >= 11 is 0. The first kappa shape index (κ1) is 18.6.